The predicted molar refractivity (Wildman–Crippen MR) is 99.7 cm³/mol. The number of nitrogens with one attached hydrogen (secondary N) is 2. The van der Waals surface area contributed by atoms with E-state index in [1.54, 1.807) is 12.1 Å². The van der Waals surface area contributed by atoms with Gasteiger partial charge in [0.1, 0.15) is 11.6 Å². The lowest BCUT2D eigenvalue weighted by atomic mass is 10.2. The van der Waals surface area contributed by atoms with Crippen LogP contribution in [0.3, 0.4) is 0 Å². The Morgan fingerprint density at radius 1 is 0.889 bits per heavy atom. The third-order valence-corrected chi connectivity index (χ3v) is 5.04. The fourth-order valence-electron chi connectivity index (χ4n) is 2.33. The molecule has 0 fully saturated rings. The van der Waals surface area contributed by atoms with E-state index >= 15 is 0 Å². The number of hydrogen-bond acceptors (Lipinski definition) is 4. The molecule has 3 aromatic rings. The molecule has 3 rings (SSSR count). The number of amides is 1. The summed E-state index contributed by atoms with van der Waals surface area (Å²) >= 11 is 0. The molecule has 0 saturated heterocycles. The van der Waals surface area contributed by atoms with Crippen LogP contribution in [0.25, 0.3) is 0 Å². The molecule has 3 N–H and O–H groups in total. The molecule has 0 radical (unpaired) electrons. The minimum Gasteiger partial charge on any atom is -0.506 e. The highest BCUT2D eigenvalue weighted by molar-refractivity contribution is 7.92. The van der Waals surface area contributed by atoms with Gasteiger partial charge in [0.05, 0.1) is 16.3 Å². The van der Waals surface area contributed by atoms with E-state index in [0.29, 0.717) is 0 Å². The van der Waals surface area contributed by atoms with Crippen LogP contribution < -0.4 is 10.0 Å². The quantitative estimate of drug-likeness (QED) is 0.584. The Morgan fingerprint density at radius 2 is 1.56 bits per heavy atom. The third-order valence-electron chi connectivity index (χ3n) is 3.68. The minimum absolute atomic E-state index is 0.0645. The van der Waals surface area contributed by atoms with Crippen molar-refractivity contribution in [2.45, 2.75) is 4.90 Å². The second kappa shape index (κ2) is 7.46. The number of aromatic hydroxyl groups is 1. The molecular formula is C19H15FN2O4S. The van der Waals surface area contributed by atoms with Gasteiger partial charge in [-0.3, -0.25) is 9.52 Å². The number of sulfonamides is 1. The van der Waals surface area contributed by atoms with E-state index in [-0.39, 0.29) is 27.6 Å². The van der Waals surface area contributed by atoms with Gasteiger partial charge in [-0.1, -0.05) is 30.3 Å². The summed E-state index contributed by atoms with van der Waals surface area (Å²) in [5, 5.41) is 12.2. The number of para-hydroxylation sites is 3. The largest absolute Gasteiger partial charge is 0.506 e. The third kappa shape index (κ3) is 4.24. The van der Waals surface area contributed by atoms with Crippen LogP contribution in [-0.2, 0) is 10.0 Å². The number of carbonyl (C=O) groups is 1. The molecular weight excluding hydrogens is 371 g/mol. The zero-order valence-electron chi connectivity index (χ0n) is 13.9. The lowest BCUT2D eigenvalue weighted by Gasteiger charge is -2.11. The zero-order chi connectivity index (χ0) is 19.4. The van der Waals surface area contributed by atoms with Gasteiger partial charge >= 0.3 is 0 Å². The van der Waals surface area contributed by atoms with Gasteiger partial charge in [0.15, 0.2) is 0 Å². The molecule has 0 heterocycles. The van der Waals surface area contributed by atoms with Crippen LogP contribution in [0, 0.1) is 5.82 Å². The molecule has 1 amide bonds. The maximum Gasteiger partial charge on any atom is 0.262 e. The first-order valence-electron chi connectivity index (χ1n) is 7.83. The predicted octanol–water partition coefficient (Wildman–Crippen LogP) is 3.58. The van der Waals surface area contributed by atoms with Crippen molar-refractivity contribution in [3.63, 3.8) is 0 Å². The van der Waals surface area contributed by atoms with E-state index in [2.05, 4.69) is 10.0 Å². The first kappa shape index (κ1) is 18.4. The van der Waals surface area contributed by atoms with Crippen LogP contribution in [0.1, 0.15) is 10.4 Å². The van der Waals surface area contributed by atoms with Crippen LogP contribution in [0.2, 0.25) is 0 Å². The molecule has 8 heteroatoms. The summed E-state index contributed by atoms with van der Waals surface area (Å²) in [7, 11) is -4.09. The van der Waals surface area contributed by atoms with Crippen molar-refractivity contribution in [1.82, 2.24) is 0 Å². The van der Waals surface area contributed by atoms with E-state index in [0.717, 1.165) is 6.07 Å². The van der Waals surface area contributed by atoms with Gasteiger partial charge < -0.3 is 10.4 Å². The Hall–Kier alpha value is -3.39. The lowest BCUT2D eigenvalue weighted by Crippen LogP contribution is -2.16. The summed E-state index contributed by atoms with van der Waals surface area (Å²) in [6.07, 6.45) is 0. The fraction of sp³-hybridized carbons (Fsp3) is 0. The van der Waals surface area contributed by atoms with Crippen molar-refractivity contribution in [2.75, 3.05) is 10.0 Å². The molecule has 138 valence electrons. The monoisotopic (exact) mass is 386 g/mol. The highest BCUT2D eigenvalue weighted by Crippen LogP contribution is 2.23. The Morgan fingerprint density at radius 3 is 2.26 bits per heavy atom. The van der Waals surface area contributed by atoms with Gasteiger partial charge in [-0.2, -0.15) is 0 Å². The van der Waals surface area contributed by atoms with Gasteiger partial charge in [0.25, 0.3) is 15.9 Å². The van der Waals surface area contributed by atoms with Gasteiger partial charge in [-0.25, -0.2) is 12.8 Å². The topological polar surface area (TPSA) is 95.5 Å². The van der Waals surface area contributed by atoms with E-state index in [9.17, 15) is 22.7 Å². The van der Waals surface area contributed by atoms with E-state index < -0.39 is 21.7 Å². The number of anilines is 2. The summed E-state index contributed by atoms with van der Waals surface area (Å²) in [5.41, 5.74) is 0.0662. The van der Waals surface area contributed by atoms with Crippen molar-refractivity contribution in [2.24, 2.45) is 0 Å². The molecule has 0 aromatic heterocycles. The number of phenols is 1. The summed E-state index contributed by atoms with van der Waals surface area (Å²) in [6.45, 7) is 0. The molecule has 3 aromatic carbocycles. The molecule has 0 aliphatic carbocycles. The van der Waals surface area contributed by atoms with Crippen molar-refractivity contribution in [1.29, 1.82) is 0 Å². The normalized spacial score (nSPS) is 11.0. The Balaban J connectivity index is 1.85. The van der Waals surface area contributed by atoms with Crippen LogP contribution in [0.5, 0.6) is 5.75 Å². The highest BCUT2D eigenvalue weighted by Gasteiger charge is 2.18. The Kier molecular flexibility index (Phi) is 5.09. The maximum atomic E-state index is 13.7. The first-order valence-corrected chi connectivity index (χ1v) is 9.32. The van der Waals surface area contributed by atoms with Crippen molar-refractivity contribution < 1.29 is 22.7 Å². The Bertz CT molecular complexity index is 1100. The molecule has 0 saturated carbocycles. The summed E-state index contributed by atoms with van der Waals surface area (Å²) in [5.74, 6) is -1.43. The highest BCUT2D eigenvalue weighted by atomic mass is 32.2. The fourth-order valence-corrected chi connectivity index (χ4v) is 3.44. The number of rotatable bonds is 5. The summed E-state index contributed by atoms with van der Waals surface area (Å²) in [4.78, 5) is 12.2. The average molecular weight is 386 g/mol. The van der Waals surface area contributed by atoms with E-state index in [4.69, 9.17) is 0 Å². The molecule has 0 bridgehead atoms. The number of carbonyl (C=O) groups excluding carboxylic acids is 1. The van der Waals surface area contributed by atoms with Crippen molar-refractivity contribution >= 4 is 27.3 Å². The van der Waals surface area contributed by atoms with Crippen LogP contribution in [0.15, 0.2) is 77.7 Å². The summed E-state index contributed by atoms with van der Waals surface area (Å²) < 4.78 is 40.8. The number of phenolic OH excluding ortho intramolecular Hbond substituents is 1. The first-order chi connectivity index (χ1) is 12.9. The molecule has 0 unspecified atom stereocenters. The van der Waals surface area contributed by atoms with Gasteiger partial charge in [0, 0.05) is 5.56 Å². The molecule has 0 atom stereocenters. The number of halogens is 1. The average Bonchev–Trinajstić information content (AvgIpc) is 2.65. The van der Waals surface area contributed by atoms with Crippen LogP contribution in [-0.4, -0.2) is 19.4 Å². The Labute approximate surface area is 155 Å². The second-order valence-electron chi connectivity index (χ2n) is 5.58. The van der Waals surface area contributed by atoms with E-state index in [1.807, 2.05) is 0 Å². The van der Waals surface area contributed by atoms with Crippen LogP contribution >= 0.6 is 0 Å². The standard InChI is InChI=1S/C19H15FN2O4S/c20-15-8-1-2-9-16(15)22-27(25,26)14-7-5-6-13(12-14)19(24)21-17-10-3-4-11-18(17)23/h1-12,22-23H,(H,21,24). The van der Waals surface area contributed by atoms with Gasteiger partial charge in [-0.05, 0) is 42.5 Å². The number of hydrogen-bond donors (Lipinski definition) is 3. The minimum atomic E-state index is -4.09. The molecule has 6 nitrogen and oxygen atoms in total. The summed E-state index contributed by atoms with van der Waals surface area (Å²) in [6, 6.07) is 16.8. The zero-order valence-corrected chi connectivity index (χ0v) is 14.7. The second-order valence-corrected chi connectivity index (χ2v) is 7.27. The molecule has 0 spiro atoms. The van der Waals surface area contributed by atoms with E-state index in [1.165, 1.54) is 54.6 Å². The van der Waals surface area contributed by atoms with Crippen LogP contribution in [0.4, 0.5) is 15.8 Å². The molecule has 0 aliphatic rings. The SMILES string of the molecule is O=C(Nc1ccccc1O)c1cccc(S(=O)(=O)Nc2ccccc2F)c1. The maximum absolute atomic E-state index is 13.7. The molecule has 0 aliphatic heterocycles. The van der Waals surface area contributed by atoms with Gasteiger partial charge in [-0.15, -0.1) is 0 Å². The lowest BCUT2D eigenvalue weighted by molar-refractivity contribution is 0.102. The number of benzene rings is 3. The van der Waals surface area contributed by atoms with Crippen molar-refractivity contribution in [3.05, 3.63) is 84.2 Å². The van der Waals surface area contributed by atoms with Gasteiger partial charge in [0.2, 0.25) is 0 Å². The molecule has 27 heavy (non-hydrogen) atoms. The van der Waals surface area contributed by atoms with Crippen molar-refractivity contribution in [3.8, 4) is 5.75 Å². The smallest absolute Gasteiger partial charge is 0.262 e.